The van der Waals surface area contributed by atoms with Crippen LogP contribution < -0.4 is 10.6 Å². The summed E-state index contributed by atoms with van der Waals surface area (Å²) >= 11 is 0. The maximum atomic E-state index is 15.1. The highest BCUT2D eigenvalue weighted by Gasteiger charge is 2.54. The van der Waals surface area contributed by atoms with E-state index in [-0.39, 0.29) is 25.7 Å². The number of carbonyl (C=O) groups is 6. The first-order valence-corrected chi connectivity index (χ1v) is 51.5. The monoisotopic (exact) mass is 1750 g/mol. The molecule has 0 radical (unpaired) electrons. The smallest absolute Gasteiger partial charge is 0.462 e. The first kappa shape index (κ1) is 114. The number of hydrogen-bond donors (Lipinski definition) is 9. The quantitative estimate of drug-likeness (QED) is 0.0118. The molecule has 24 nitrogen and oxygen atoms in total. The molecule has 2 fully saturated rings. The van der Waals surface area contributed by atoms with Crippen LogP contribution in [0, 0.1) is 0 Å². The fourth-order valence-electron chi connectivity index (χ4n) is 16.7. The molecule has 0 aromatic rings. The summed E-state index contributed by atoms with van der Waals surface area (Å²) in [4.78, 5) is 107. The van der Waals surface area contributed by atoms with Crippen molar-refractivity contribution in [3.8, 4) is 0 Å². The molecule has 712 valence electrons. The lowest BCUT2D eigenvalue weighted by molar-refractivity contribution is -0.298. The molecule has 0 aromatic carbocycles. The molecule has 2 rings (SSSR count). The lowest BCUT2D eigenvalue weighted by Gasteiger charge is -2.46. The molecule has 2 aliphatic heterocycles. The second-order valence-electron chi connectivity index (χ2n) is 35.7. The van der Waals surface area contributed by atoms with E-state index in [0.717, 1.165) is 199 Å². The summed E-state index contributed by atoms with van der Waals surface area (Å²) in [5.41, 5.74) is 0. The summed E-state index contributed by atoms with van der Waals surface area (Å²) in [6, 6.07) is -3.47. The van der Waals surface area contributed by atoms with E-state index in [1.165, 1.54) is 135 Å². The third kappa shape index (κ3) is 60.9. The molecule has 25 heteroatoms. The minimum absolute atomic E-state index is 0.111. The predicted octanol–water partition coefficient (Wildman–Crippen LogP) is 21.3. The Morgan fingerprint density at radius 3 is 1.02 bits per heavy atom. The van der Waals surface area contributed by atoms with E-state index in [1.54, 1.807) is 0 Å². The van der Waals surface area contributed by atoms with E-state index in [0.29, 0.717) is 51.4 Å². The summed E-state index contributed by atoms with van der Waals surface area (Å²) in [5.74, 6) is -4.55. The Morgan fingerprint density at radius 2 is 0.653 bits per heavy atom. The van der Waals surface area contributed by atoms with Gasteiger partial charge < -0.3 is 79.1 Å². The van der Waals surface area contributed by atoms with Gasteiger partial charge in [0.25, 0.3) is 0 Å². The summed E-state index contributed by atoms with van der Waals surface area (Å²) < 4.78 is 61.9. The van der Waals surface area contributed by atoms with Gasteiger partial charge in [0, 0.05) is 12.8 Å². The van der Waals surface area contributed by atoms with Gasteiger partial charge in [-0.25, -0.2) is 4.57 Å². The zero-order valence-corrected chi connectivity index (χ0v) is 78.2. The number of unbranched alkanes of at least 4 members (excludes halogenated alkanes) is 52. The Bertz CT molecular complexity index is 2550. The van der Waals surface area contributed by atoms with Gasteiger partial charge in [-0.3, -0.25) is 33.3 Å². The van der Waals surface area contributed by atoms with Crippen LogP contribution in [0.15, 0.2) is 0 Å². The van der Waals surface area contributed by atoms with E-state index in [9.17, 15) is 63.9 Å². The molecule has 4 unspecified atom stereocenters. The number of esters is 4. The number of aliphatic hydroxyl groups excluding tert-OH is 5. The summed E-state index contributed by atoms with van der Waals surface area (Å²) in [6.07, 6.45) is 40.7. The number of phosphoric acid groups is 1. The van der Waals surface area contributed by atoms with Crippen LogP contribution in [-0.4, -0.2) is 170 Å². The van der Waals surface area contributed by atoms with Gasteiger partial charge in [0.05, 0.1) is 51.1 Å². The number of carbonyl (C=O) groups excluding carboxylic acids is 6. The van der Waals surface area contributed by atoms with Crippen LogP contribution in [-0.2, 0) is 71.0 Å². The molecular formula is C96H181N2O22P. The van der Waals surface area contributed by atoms with Gasteiger partial charge in [-0.05, 0) is 51.4 Å². The zero-order chi connectivity index (χ0) is 88.6. The number of ether oxygens (including phenoxy) is 7. The van der Waals surface area contributed by atoms with Crippen LogP contribution in [0.3, 0.4) is 0 Å². The van der Waals surface area contributed by atoms with Crippen molar-refractivity contribution in [3.63, 3.8) is 0 Å². The number of amides is 2. The van der Waals surface area contributed by atoms with Gasteiger partial charge in [0.15, 0.2) is 24.8 Å². The van der Waals surface area contributed by atoms with Crippen LogP contribution in [0.1, 0.15) is 478 Å². The van der Waals surface area contributed by atoms with Crippen LogP contribution >= 0.6 is 7.82 Å². The van der Waals surface area contributed by atoms with Gasteiger partial charge in [-0.15, -0.1) is 0 Å². The molecule has 121 heavy (non-hydrogen) atoms. The Hall–Kier alpha value is -3.39. The third-order valence-corrected chi connectivity index (χ3v) is 24.6. The molecule has 0 saturated carbocycles. The van der Waals surface area contributed by atoms with E-state index in [1.807, 2.05) is 0 Å². The van der Waals surface area contributed by atoms with Crippen LogP contribution in [0.5, 0.6) is 0 Å². The number of aliphatic hydroxyl groups is 5. The maximum absolute atomic E-state index is 15.1. The summed E-state index contributed by atoms with van der Waals surface area (Å²) in [7, 11) is -5.62. The molecule has 0 aromatic heterocycles. The first-order valence-electron chi connectivity index (χ1n) is 50.0. The van der Waals surface area contributed by atoms with Gasteiger partial charge >= 0.3 is 31.7 Å². The van der Waals surface area contributed by atoms with Crippen molar-refractivity contribution in [2.24, 2.45) is 0 Å². The second-order valence-corrected chi connectivity index (χ2v) is 36.8. The number of rotatable bonds is 84. The van der Waals surface area contributed by atoms with Crippen LogP contribution in [0.2, 0.25) is 0 Å². The Kier molecular flexibility index (Phi) is 72.0. The molecule has 2 amide bonds. The third-order valence-electron chi connectivity index (χ3n) is 24.1. The first-order chi connectivity index (χ1) is 58.6. The van der Waals surface area contributed by atoms with E-state index in [4.69, 9.17) is 37.7 Å². The van der Waals surface area contributed by atoms with Crippen LogP contribution in [0.25, 0.3) is 0 Å². The van der Waals surface area contributed by atoms with Crippen molar-refractivity contribution in [2.75, 3.05) is 13.2 Å². The van der Waals surface area contributed by atoms with Crippen LogP contribution in [0.4, 0.5) is 0 Å². The number of hydrogen-bond acceptors (Lipinski definition) is 20. The van der Waals surface area contributed by atoms with E-state index < -0.39 is 168 Å². The van der Waals surface area contributed by atoms with Gasteiger partial charge in [0.2, 0.25) is 11.8 Å². The number of nitrogens with one attached hydrogen (secondary N) is 2. The van der Waals surface area contributed by atoms with Gasteiger partial charge in [-0.2, -0.15) is 0 Å². The van der Waals surface area contributed by atoms with Crippen molar-refractivity contribution >= 4 is 43.5 Å². The van der Waals surface area contributed by atoms with Crippen molar-refractivity contribution in [3.05, 3.63) is 0 Å². The van der Waals surface area contributed by atoms with E-state index in [2.05, 4.69) is 52.2 Å². The Morgan fingerprint density at radius 1 is 0.347 bits per heavy atom. The Balaban J connectivity index is 2.73. The largest absolute Gasteiger partial charge is 0.470 e. The fraction of sp³-hybridized carbons (Fsp3) is 0.938. The summed E-state index contributed by atoms with van der Waals surface area (Å²) in [5, 5.41) is 63.3. The lowest BCUT2D eigenvalue weighted by Crippen LogP contribution is -2.68. The Labute approximate surface area is 733 Å². The predicted molar refractivity (Wildman–Crippen MR) is 479 cm³/mol. The average molecular weight is 1750 g/mol. The molecule has 2 aliphatic rings. The molecular weight excluding hydrogens is 1560 g/mol. The minimum Gasteiger partial charge on any atom is -0.462 e. The molecule has 2 saturated heterocycles. The molecule has 0 bridgehead atoms. The average Bonchev–Trinajstić information content (AvgIpc) is 0.777. The standard InChI is InChI=1S/C96H181N2O22P/c1-7-13-19-25-31-37-39-45-51-57-63-69-85(104)114-79(67-61-55-49-43-35-29-23-17-11-5)73-84(103)98-90-94(119-88(107)74-80(68-62-56-50-44-36-30-24-18-12-6)115-86(105)70-64-58-52-46-40-38-32-26-20-14-8-2)92(120-121(110,111)112)81(75-99)117-96(90)113-76-82-91(108)93(118-87(106)72-78(101)66-60-54-48-42-34-28-22-16-10-4)89(95(109)116-82)97-83(102)71-77(100)65-59-53-47-41-33-27-21-15-9-3/h77-82,89-96,99-101,108-109H,7-76H2,1-6H3,(H,97,102)(H,98,103)(H2,110,111,112)/t77-,78-,79-,80-,81?,82?,89+,90?,91-,92-,93-,94-,95?,96-/m1/s1. The molecule has 0 spiro atoms. The summed E-state index contributed by atoms with van der Waals surface area (Å²) in [6.45, 7) is 11.3. The topological polar surface area (TPSA) is 359 Å². The van der Waals surface area contributed by atoms with Gasteiger partial charge in [0.1, 0.15) is 48.7 Å². The van der Waals surface area contributed by atoms with Gasteiger partial charge in [-0.1, -0.05) is 388 Å². The fourth-order valence-corrected chi connectivity index (χ4v) is 17.3. The minimum atomic E-state index is -5.62. The zero-order valence-electron chi connectivity index (χ0n) is 77.3. The van der Waals surface area contributed by atoms with Crippen molar-refractivity contribution in [1.82, 2.24) is 10.6 Å². The molecule has 0 aliphatic carbocycles. The number of phosphoric ester groups is 1. The van der Waals surface area contributed by atoms with E-state index >= 15 is 4.79 Å². The maximum Gasteiger partial charge on any atom is 0.470 e. The highest BCUT2D eigenvalue weighted by Crippen LogP contribution is 2.43. The van der Waals surface area contributed by atoms with Crippen molar-refractivity contribution < 1.29 is 106 Å². The lowest BCUT2D eigenvalue weighted by atomic mass is 9.95. The molecule has 2 heterocycles. The van der Waals surface area contributed by atoms with Crippen molar-refractivity contribution in [2.45, 2.75) is 564 Å². The second kappa shape index (κ2) is 76.6. The van der Waals surface area contributed by atoms with Crippen molar-refractivity contribution in [1.29, 1.82) is 0 Å². The molecule has 9 N–H and O–H groups in total. The highest BCUT2D eigenvalue weighted by atomic mass is 31.2. The highest BCUT2D eigenvalue weighted by molar-refractivity contribution is 7.46. The normalized spacial score (nSPS) is 20.4. The SMILES string of the molecule is CCCCCCCCCCCCCC(=O)O[C@H](CCCCCCCCCCC)CC(=O)NC1[C@H](OCC2OC(O)[C@@H](NC(=O)C[C@H](O)CCCCCCCCCCC)[C@@H](OC(=O)C[C@H](O)CCCCCCCCCCC)[C@@H]2O)OC(CO)[C@@H](OP(=O)(O)O)[C@@H]1OC(=O)C[C@@H](CCCCCCCCCCC)OC(=O)CCCCCCCCCCCCC. The molecule has 14 atom stereocenters.